The minimum atomic E-state index is -0.805. The van der Waals surface area contributed by atoms with E-state index in [1.807, 2.05) is 0 Å². The van der Waals surface area contributed by atoms with Gasteiger partial charge in [0.1, 0.15) is 13.2 Å². The number of hydrogen-bond donors (Lipinski definition) is 0. The quantitative estimate of drug-likeness (QED) is 0.0262. The summed E-state index contributed by atoms with van der Waals surface area (Å²) in [7, 11) is 0. The number of hydrogen-bond acceptors (Lipinski definition) is 6. The molecular formula is C59H102O6. The lowest BCUT2D eigenvalue weighted by Crippen LogP contribution is -2.30. The van der Waals surface area contributed by atoms with Crippen molar-refractivity contribution in [1.82, 2.24) is 0 Å². The van der Waals surface area contributed by atoms with Crippen molar-refractivity contribution in [1.29, 1.82) is 0 Å². The molecule has 0 aliphatic carbocycles. The number of carbonyl (C=O) groups is 3. The first kappa shape index (κ1) is 61.9. The minimum absolute atomic E-state index is 0.0978. The average Bonchev–Trinajstić information content (AvgIpc) is 3.30. The summed E-state index contributed by atoms with van der Waals surface area (Å²) in [6.07, 6.45) is 67.4. The molecule has 6 nitrogen and oxygen atoms in total. The summed E-state index contributed by atoms with van der Waals surface area (Å²) in [5.74, 6) is -0.957. The first-order valence-electron chi connectivity index (χ1n) is 27.4. The van der Waals surface area contributed by atoms with Gasteiger partial charge in [-0.05, 0) is 89.9 Å². The van der Waals surface area contributed by atoms with E-state index in [0.29, 0.717) is 19.3 Å². The van der Waals surface area contributed by atoms with Gasteiger partial charge in [-0.15, -0.1) is 0 Å². The molecule has 6 heteroatoms. The molecule has 0 amide bonds. The van der Waals surface area contributed by atoms with Gasteiger partial charge < -0.3 is 14.2 Å². The number of carbonyl (C=O) groups excluding carboxylic acids is 3. The smallest absolute Gasteiger partial charge is 0.306 e. The van der Waals surface area contributed by atoms with Gasteiger partial charge in [0.15, 0.2) is 6.10 Å². The summed E-state index contributed by atoms with van der Waals surface area (Å²) in [5.41, 5.74) is 0. The maximum Gasteiger partial charge on any atom is 0.306 e. The summed E-state index contributed by atoms with van der Waals surface area (Å²) < 4.78 is 16.8. The van der Waals surface area contributed by atoms with Crippen LogP contribution < -0.4 is 0 Å². The lowest BCUT2D eigenvalue weighted by atomic mass is 10.0. The molecule has 0 saturated heterocycles. The third-order valence-electron chi connectivity index (χ3n) is 11.7. The Morgan fingerprint density at radius 1 is 0.308 bits per heavy atom. The van der Waals surface area contributed by atoms with Crippen LogP contribution in [-0.4, -0.2) is 37.2 Å². The molecule has 374 valence electrons. The molecule has 0 aromatic heterocycles. The fraction of sp³-hybridized carbons (Fsp3) is 0.746. The van der Waals surface area contributed by atoms with E-state index in [9.17, 15) is 14.4 Å². The van der Waals surface area contributed by atoms with Crippen LogP contribution >= 0.6 is 0 Å². The van der Waals surface area contributed by atoms with Crippen molar-refractivity contribution in [2.24, 2.45) is 0 Å². The highest BCUT2D eigenvalue weighted by Gasteiger charge is 2.19. The van der Waals surface area contributed by atoms with Crippen LogP contribution in [0.5, 0.6) is 0 Å². The second-order valence-electron chi connectivity index (χ2n) is 18.1. The molecular weight excluding hydrogens is 805 g/mol. The van der Waals surface area contributed by atoms with E-state index < -0.39 is 6.10 Å². The lowest BCUT2D eigenvalue weighted by Gasteiger charge is -2.18. The summed E-state index contributed by atoms with van der Waals surface area (Å²) in [6, 6.07) is 0. The molecule has 0 fully saturated rings. The molecule has 0 aromatic rings. The van der Waals surface area contributed by atoms with Crippen LogP contribution in [0, 0.1) is 0 Å². The molecule has 0 unspecified atom stereocenters. The van der Waals surface area contributed by atoms with E-state index in [4.69, 9.17) is 14.2 Å². The van der Waals surface area contributed by atoms with Crippen LogP contribution in [0.2, 0.25) is 0 Å². The largest absolute Gasteiger partial charge is 0.462 e. The monoisotopic (exact) mass is 907 g/mol. The number of allylic oxidation sites excluding steroid dienone is 12. The first-order valence-corrected chi connectivity index (χ1v) is 27.4. The van der Waals surface area contributed by atoms with Gasteiger partial charge in [0.25, 0.3) is 0 Å². The van der Waals surface area contributed by atoms with Crippen molar-refractivity contribution in [3.05, 3.63) is 72.9 Å². The molecule has 0 bridgehead atoms. The predicted molar refractivity (Wildman–Crippen MR) is 279 cm³/mol. The maximum absolute atomic E-state index is 12.8. The maximum atomic E-state index is 12.8. The normalized spacial score (nSPS) is 12.6. The van der Waals surface area contributed by atoms with Crippen molar-refractivity contribution in [2.45, 2.75) is 271 Å². The summed E-state index contributed by atoms with van der Waals surface area (Å²) in [4.78, 5) is 38.0. The van der Waals surface area contributed by atoms with Crippen molar-refractivity contribution < 1.29 is 28.6 Å². The average molecular weight is 907 g/mol. The summed E-state index contributed by atoms with van der Waals surface area (Å²) in [5, 5.41) is 0. The zero-order chi connectivity index (χ0) is 47.2. The second-order valence-corrected chi connectivity index (χ2v) is 18.1. The SMILES string of the molecule is CCCCC/C=C\C/C=C\C/C=C\C/C=C\CCCC(=O)O[C@H](COC(=O)CCCCCCCCC/C=C\C/C=C\CCCCC)COC(=O)CCCCCCCCCCCCCCC. The van der Waals surface area contributed by atoms with Gasteiger partial charge in [-0.25, -0.2) is 0 Å². The Bertz CT molecular complexity index is 1230. The van der Waals surface area contributed by atoms with Gasteiger partial charge in [-0.1, -0.05) is 229 Å². The zero-order valence-corrected chi connectivity index (χ0v) is 42.7. The van der Waals surface area contributed by atoms with Crippen LogP contribution in [0.1, 0.15) is 265 Å². The van der Waals surface area contributed by atoms with Gasteiger partial charge in [0, 0.05) is 19.3 Å². The summed E-state index contributed by atoms with van der Waals surface area (Å²) in [6.45, 7) is 6.54. The molecule has 0 spiro atoms. The Morgan fingerprint density at radius 2 is 0.569 bits per heavy atom. The van der Waals surface area contributed by atoms with E-state index in [1.165, 1.54) is 141 Å². The third kappa shape index (κ3) is 51.7. The molecule has 0 aliphatic rings. The van der Waals surface area contributed by atoms with Crippen molar-refractivity contribution in [3.8, 4) is 0 Å². The van der Waals surface area contributed by atoms with Crippen LogP contribution in [0.4, 0.5) is 0 Å². The highest BCUT2D eigenvalue weighted by Crippen LogP contribution is 2.15. The Labute approximate surface area is 402 Å². The summed E-state index contributed by atoms with van der Waals surface area (Å²) >= 11 is 0. The highest BCUT2D eigenvalue weighted by molar-refractivity contribution is 5.71. The number of ether oxygens (including phenoxy) is 3. The van der Waals surface area contributed by atoms with Crippen molar-refractivity contribution in [3.63, 3.8) is 0 Å². The van der Waals surface area contributed by atoms with Gasteiger partial charge >= 0.3 is 17.9 Å². The van der Waals surface area contributed by atoms with Crippen LogP contribution in [0.3, 0.4) is 0 Å². The zero-order valence-electron chi connectivity index (χ0n) is 42.7. The van der Waals surface area contributed by atoms with E-state index in [1.54, 1.807) is 0 Å². The van der Waals surface area contributed by atoms with Crippen LogP contribution in [0.15, 0.2) is 72.9 Å². The van der Waals surface area contributed by atoms with E-state index in [-0.39, 0.29) is 37.5 Å². The molecule has 0 saturated carbocycles. The molecule has 0 heterocycles. The van der Waals surface area contributed by atoms with Gasteiger partial charge in [-0.2, -0.15) is 0 Å². The molecule has 0 aliphatic heterocycles. The first-order chi connectivity index (χ1) is 32.0. The van der Waals surface area contributed by atoms with Crippen molar-refractivity contribution >= 4 is 17.9 Å². The Kier molecular flexibility index (Phi) is 50.9. The molecule has 0 radical (unpaired) electrons. The molecule has 1 atom stereocenters. The van der Waals surface area contributed by atoms with Crippen LogP contribution in [-0.2, 0) is 28.6 Å². The lowest BCUT2D eigenvalue weighted by molar-refractivity contribution is -0.167. The Hall–Kier alpha value is -3.15. The van der Waals surface area contributed by atoms with Gasteiger partial charge in [0.05, 0.1) is 0 Å². The number of unbranched alkanes of at least 4 members (excludes halogenated alkanes) is 26. The van der Waals surface area contributed by atoms with E-state index in [0.717, 1.165) is 77.0 Å². The number of esters is 3. The standard InChI is InChI=1S/C59H102O6/c1-4-7-10-13-16-19-22-25-27-29-31-34-37-40-43-46-49-52-58(61)64-55-56(54-63-57(60)51-48-45-42-39-36-33-24-21-18-15-12-9-6-3)65-59(62)53-50-47-44-41-38-35-32-30-28-26-23-20-17-14-11-8-5-2/h16-17,19-20,25-28,32,35,41,44,56H,4-15,18,21-24,29-31,33-34,36-40,42-43,45-55H2,1-3H3/b19-16-,20-17-,27-25-,28-26-,35-32-,44-41-/t56-/m0/s1. The van der Waals surface area contributed by atoms with Crippen molar-refractivity contribution in [2.75, 3.05) is 13.2 Å². The fourth-order valence-electron chi connectivity index (χ4n) is 7.52. The molecule has 65 heavy (non-hydrogen) atoms. The Morgan fingerprint density at radius 3 is 0.938 bits per heavy atom. The highest BCUT2D eigenvalue weighted by atomic mass is 16.6. The fourth-order valence-corrected chi connectivity index (χ4v) is 7.52. The van der Waals surface area contributed by atoms with Gasteiger partial charge in [0.2, 0.25) is 0 Å². The van der Waals surface area contributed by atoms with Crippen LogP contribution in [0.25, 0.3) is 0 Å². The second kappa shape index (κ2) is 53.5. The molecule has 0 aromatic carbocycles. The predicted octanol–water partition coefficient (Wildman–Crippen LogP) is 18.2. The third-order valence-corrected chi connectivity index (χ3v) is 11.7. The topological polar surface area (TPSA) is 78.9 Å². The minimum Gasteiger partial charge on any atom is -0.462 e. The number of rotatable bonds is 49. The van der Waals surface area contributed by atoms with E-state index in [2.05, 4.69) is 93.7 Å². The van der Waals surface area contributed by atoms with Gasteiger partial charge in [-0.3, -0.25) is 14.4 Å². The Balaban J connectivity index is 4.47. The molecule has 0 rings (SSSR count). The van der Waals surface area contributed by atoms with E-state index >= 15 is 0 Å². The molecule has 0 N–H and O–H groups in total.